The van der Waals surface area contributed by atoms with E-state index < -0.39 is 4.92 Å². The fourth-order valence-electron chi connectivity index (χ4n) is 1.53. The lowest BCUT2D eigenvalue weighted by molar-refractivity contribution is -0.384. The molecule has 104 valence electrons. The van der Waals surface area contributed by atoms with Crippen molar-refractivity contribution < 1.29 is 14.5 Å². The Morgan fingerprint density at radius 2 is 2.00 bits per heavy atom. The number of carbonyl (C=O) groups excluding carboxylic acids is 1. The van der Waals surface area contributed by atoms with Gasteiger partial charge >= 0.3 is 0 Å². The van der Waals surface area contributed by atoms with Crippen LogP contribution in [0.15, 0.2) is 24.3 Å². The summed E-state index contributed by atoms with van der Waals surface area (Å²) in [5.41, 5.74) is 0.406. The predicted octanol–water partition coefficient (Wildman–Crippen LogP) is 2.08. The van der Waals surface area contributed by atoms with Crippen LogP contribution in [-0.2, 0) is 4.74 Å². The zero-order valence-corrected chi connectivity index (χ0v) is 12.1. The highest BCUT2D eigenvalue weighted by Gasteiger charge is 2.16. The Labute approximate surface area is 119 Å². The molecule has 0 unspecified atom stereocenters. The van der Waals surface area contributed by atoms with Crippen molar-refractivity contribution in [3.05, 3.63) is 39.9 Å². The van der Waals surface area contributed by atoms with Crippen molar-refractivity contribution in [2.24, 2.45) is 0 Å². The van der Waals surface area contributed by atoms with Gasteiger partial charge in [-0.25, -0.2) is 0 Å². The molecule has 1 aromatic carbocycles. The number of nitro groups is 1. The fourth-order valence-corrected chi connectivity index (χ4v) is 1.95. The average molecular weight is 331 g/mol. The summed E-state index contributed by atoms with van der Waals surface area (Å²) >= 11 is 3.29. The van der Waals surface area contributed by atoms with Crippen LogP contribution in [0.5, 0.6) is 0 Å². The molecule has 1 rings (SSSR count). The van der Waals surface area contributed by atoms with E-state index in [4.69, 9.17) is 4.74 Å². The van der Waals surface area contributed by atoms with Gasteiger partial charge in [-0.2, -0.15) is 0 Å². The molecule has 0 N–H and O–H groups in total. The van der Waals surface area contributed by atoms with Gasteiger partial charge in [0.05, 0.1) is 11.5 Å². The van der Waals surface area contributed by atoms with Crippen LogP contribution in [0.1, 0.15) is 10.4 Å². The van der Waals surface area contributed by atoms with E-state index in [2.05, 4.69) is 15.9 Å². The minimum atomic E-state index is -0.491. The SMILES string of the molecule is COCCN(CCBr)C(=O)c1ccc([N+](=O)[O-])cc1. The van der Waals surface area contributed by atoms with E-state index in [9.17, 15) is 14.9 Å². The maximum Gasteiger partial charge on any atom is 0.269 e. The third kappa shape index (κ3) is 4.60. The summed E-state index contributed by atoms with van der Waals surface area (Å²) in [4.78, 5) is 23.9. The molecular formula is C12H15BrN2O4. The largest absolute Gasteiger partial charge is 0.383 e. The van der Waals surface area contributed by atoms with Gasteiger partial charge in [-0.1, -0.05) is 15.9 Å². The van der Waals surface area contributed by atoms with Crippen molar-refractivity contribution >= 4 is 27.5 Å². The van der Waals surface area contributed by atoms with E-state index in [0.29, 0.717) is 30.6 Å². The number of nitro benzene ring substituents is 1. The summed E-state index contributed by atoms with van der Waals surface area (Å²) in [6.07, 6.45) is 0. The van der Waals surface area contributed by atoms with Gasteiger partial charge in [-0.05, 0) is 12.1 Å². The Morgan fingerprint density at radius 3 is 2.47 bits per heavy atom. The number of methoxy groups -OCH3 is 1. The van der Waals surface area contributed by atoms with Crippen LogP contribution in [0.25, 0.3) is 0 Å². The van der Waals surface area contributed by atoms with E-state index in [1.54, 1.807) is 12.0 Å². The topological polar surface area (TPSA) is 72.7 Å². The molecule has 0 bridgehead atoms. The number of amides is 1. The fraction of sp³-hybridized carbons (Fsp3) is 0.417. The van der Waals surface area contributed by atoms with Gasteiger partial charge in [0.1, 0.15) is 0 Å². The lowest BCUT2D eigenvalue weighted by Gasteiger charge is -2.21. The van der Waals surface area contributed by atoms with Crippen LogP contribution in [0.2, 0.25) is 0 Å². The summed E-state index contributed by atoms with van der Waals surface area (Å²) in [7, 11) is 1.57. The first-order valence-electron chi connectivity index (χ1n) is 5.68. The molecular weight excluding hydrogens is 316 g/mol. The molecule has 0 aliphatic rings. The minimum Gasteiger partial charge on any atom is -0.383 e. The van der Waals surface area contributed by atoms with Crippen molar-refractivity contribution in [3.8, 4) is 0 Å². The van der Waals surface area contributed by atoms with E-state index in [1.807, 2.05) is 0 Å². The average Bonchev–Trinajstić information content (AvgIpc) is 2.42. The van der Waals surface area contributed by atoms with Gasteiger partial charge in [0.25, 0.3) is 11.6 Å². The number of carbonyl (C=O) groups is 1. The Balaban J connectivity index is 2.80. The van der Waals surface area contributed by atoms with E-state index in [1.165, 1.54) is 24.3 Å². The van der Waals surface area contributed by atoms with Crippen molar-refractivity contribution in [2.75, 3.05) is 32.1 Å². The second kappa shape index (κ2) is 7.85. The molecule has 0 fully saturated rings. The standard InChI is InChI=1S/C12H15BrN2O4/c1-19-9-8-14(7-6-13)12(16)10-2-4-11(5-3-10)15(17)18/h2-5H,6-9H2,1H3. The third-order valence-electron chi connectivity index (χ3n) is 2.53. The number of benzene rings is 1. The van der Waals surface area contributed by atoms with E-state index in [0.717, 1.165) is 0 Å². The number of hydrogen-bond acceptors (Lipinski definition) is 4. The van der Waals surface area contributed by atoms with Gasteiger partial charge in [0.15, 0.2) is 0 Å². The number of non-ortho nitro benzene ring substituents is 1. The number of nitrogens with zero attached hydrogens (tertiary/aromatic N) is 2. The molecule has 0 saturated carbocycles. The number of hydrogen-bond donors (Lipinski definition) is 0. The molecule has 0 aromatic heterocycles. The molecule has 7 heteroatoms. The first-order valence-corrected chi connectivity index (χ1v) is 6.81. The molecule has 0 radical (unpaired) electrons. The van der Waals surface area contributed by atoms with Crippen LogP contribution in [0, 0.1) is 10.1 Å². The zero-order chi connectivity index (χ0) is 14.3. The van der Waals surface area contributed by atoms with Crippen LogP contribution < -0.4 is 0 Å². The van der Waals surface area contributed by atoms with Crippen LogP contribution >= 0.6 is 15.9 Å². The monoisotopic (exact) mass is 330 g/mol. The molecule has 6 nitrogen and oxygen atoms in total. The van der Waals surface area contributed by atoms with E-state index in [-0.39, 0.29) is 11.6 Å². The number of halogens is 1. The highest BCUT2D eigenvalue weighted by atomic mass is 79.9. The maximum atomic E-state index is 12.2. The molecule has 0 aliphatic carbocycles. The first kappa shape index (κ1) is 15.6. The maximum absolute atomic E-state index is 12.2. The number of ether oxygens (including phenoxy) is 1. The Bertz CT molecular complexity index is 436. The van der Waals surface area contributed by atoms with Crippen molar-refractivity contribution in [3.63, 3.8) is 0 Å². The molecule has 0 atom stereocenters. The van der Waals surface area contributed by atoms with Gasteiger partial charge in [-0.15, -0.1) is 0 Å². The van der Waals surface area contributed by atoms with Gasteiger partial charge in [0, 0.05) is 43.2 Å². The highest BCUT2D eigenvalue weighted by Crippen LogP contribution is 2.13. The Kier molecular flexibility index (Phi) is 6.44. The molecule has 0 heterocycles. The molecule has 0 aliphatic heterocycles. The second-order valence-corrected chi connectivity index (χ2v) is 4.57. The third-order valence-corrected chi connectivity index (χ3v) is 2.89. The Morgan fingerprint density at radius 1 is 1.37 bits per heavy atom. The quantitative estimate of drug-likeness (QED) is 0.436. The number of alkyl halides is 1. The van der Waals surface area contributed by atoms with Gasteiger partial charge in [0.2, 0.25) is 0 Å². The molecule has 1 aromatic rings. The van der Waals surface area contributed by atoms with Crippen LogP contribution in [0.4, 0.5) is 5.69 Å². The smallest absolute Gasteiger partial charge is 0.269 e. The van der Waals surface area contributed by atoms with Crippen LogP contribution in [-0.4, -0.2) is 47.9 Å². The van der Waals surface area contributed by atoms with Crippen molar-refractivity contribution in [1.29, 1.82) is 0 Å². The molecule has 0 saturated heterocycles. The minimum absolute atomic E-state index is 0.0273. The summed E-state index contributed by atoms with van der Waals surface area (Å²) in [5.74, 6) is -0.161. The van der Waals surface area contributed by atoms with Gasteiger partial charge in [-0.3, -0.25) is 14.9 Å². The van der Waals surface area contributed by atoms with Crippen molar-refractivity contribution in [2.45, 2.75) is 0 Å². The highest BCUT2D eigenvalue weighted by molar-refractivity contribution is 9.09. The normalized spacial score (nSPS) is 10.2. The predicted molar refractivity (Wildman–Crippen MR) is 74.7 cm³/mol. The summed E-state index contributed by atoms with van der Waals surface area (Å²) in [6.45, 7) is 1.49. The van der Waals surface area contributed by atoms with Crippen LogP contribution in [0.3, 0.4) is 0 Å². The lowest BCUT2D eigenvalue weighted by Crippen LogP contribution is -2.35. The first-order chi connectivity index (χ1) is 9.10. The summed E-state index contributed by atoms with van der Waals surface area (Å²) in [6, 6.07) is 5.59. The Hall–Kier alpha value is -1.47. The number of rotatable bonds is 7. The summed E-state index contributed by atoms with van der Waals surface area (Å²) in [5, 5.41) is 11.2. The molecule has 1 amide bonds. The second-order valence-electron chi connectivity index (χ2n) is 3.78. The molecule has 0 spiro atoms. The zero-order valence-electron chi connectivity index (χ0n) is 10.5. The van der Waals surface area contributed by atoms with Crippen molar-refractivity contribution in [1.82, 2.24) is 4.90 Å². The molecule has 19 heavy (non-hydrogen) atoms. The van der Waals surface area contributed by atoms with E-state index >= 15 is 0 Å². The lowest BCUT2D eigenvalue weighted by atomic mass is 10.2. The van der Waals surface area contributed by atoms with Gasteiger partial charge < -0.3 is 9.64 Å². The summed E-state index contributed by atoms with van der Waals surface area (Å²) < 4.78 is 4.96.